The normalized spacial score (nSPS) is 11.1. The Morgan fingerprint density at radius 2 is 1.95 bits per heavy atom. The summed E-state index contributed by atoms with van der Waals surface area (Å²) in [7, 11) is -3.46. The van der Waals surface area contributed by atoms with Crippen LogP contribution in [0.3, 0.4) is 0 Å². The summed E-state index contributed by atoms with van der Waals surface area (Å²) >= 11 is 0. The fourth-order valence-corrected chi connectivity index (χ4v) is 2.52. The molecule has 20 heavy (non-hydrogen) atoms. The maximum Gasteiger partial charge on any atom is 0.240 e. The maximum atomic E-state index is 11.7. The molecule has 0 unspecified atom stereocenters. The molecule has 0 radical (unpaired) electrons. The van der Waals surface area contributed by atoms with Crippen molar-refractivity contribution in [1.82, 2.24) is 10.0 Å². The molecule has 0 aliphatic heterocycles. The molecule has 1 aromatic carbocycles. The number of carbonyl (C=O) groups excluding carboxylic acids is 1. The average molecular weight is 297 g/mol. The van der Waals surface area contributed by atoms with Gasteiger partial charge in [-0.15, -0.1) is 6.58 Å². The molecular formula is C13H19N3O3S. The van der Waals surface area contributed by atoms with Gasteiger partial charge in [0.2, 0.25) is 15.9 Å². The van der Waals surface area contributed by atoms with Gasteiger partial charge in [-0.3, -0.25) is 4.79 Å². The Morgan fingerprint density at radius 3 is 2.50 bits per heavy atom. The first kappa shape index (κ1) is 16.4. The highest BCUT2D eigenvalue weighted by atomic mass is 32.2. The van der Waals surface area contributed by atoms with Crippen molar-refractivity contribution in [3.8, 4) is 0 Å². The van der Waals surface area contributed by atoms with E-state index in [2.05, 4.69) is 21.9 Å². The van der Waals surface area contributed by atoms with Gasteiger partial charge in [0.05, 0.1) is 11.4 Å². The van der Waals surface area contributed by atoms with Crippen LogP contribution in [0, 0.1) is 0 Å². The van der Waals surface area contributed by atoms with E-state index in [9.17, 15) is 13.2 Å². The summed E-state index contributed by atoms with van der Waals surface area (Å²) in [6.07, 6.45) is 1.66. The van der Waals surface area contributed by atoms with Crippen molar-refractivity contribution in [2.45, 2.75) is 11.8 Å². The number of amides is 1. The first-order chi connectivity index (χ1) is 9.49. The summed E-state index contributed by atoms with van der Waals surface area (Å²) in [6, 6.07) is 6.00. The summed E-state index contributed by atoms with van der Waals surface area (Å²) in [4.78, 5) is 11.7. The number of hydrogen-bond donors (Lipinski definition) is 3. The van der Waals surface area contributed by atoms with Crippen molar-refractivity contribution in [1.29, 1.82) is 0 Å². The Kier molecular flexibility index (Phi) is 6.37. The molecule has 1 amide bonds. The van der Waals surface area contributed by atoms with Crippen LogP contribution in [0.25, 0.3) is 0 Å². The summed E-state index contributed by atoms with van der Waals surface area (Å²) in [5.41, 5.74) is 0.547. The van der Waals surface area contributed by atoms with Gasteiger partial charge < -0.3 is 10.6 Å². The number of benzene rings is 1. The molecule has 0 heterocycles. The van der Waals surface area contributed by atoms with Crippen molar-refractivity contribution in [2.24, 2.45) is 0 Å². The van der Waals surface area contributed by atoms with E-state index in [4.69, 9.17) is 0 Å². The number of anilines is 1. The monoisotopic (exact) mass is 297 g/mol. The highest BCUT2D eigenvalue weighted by Crippen LogP contribution is 2.13. The lowest BCUT2D eigenvalue weighted by atomic mass is 10.3. The minimum atomic E-state index is -3.46. The van der Waals surface area contributed by atoms with Crippen LogP contribution in [-0.2, 0) is 14.8 Å². The first-order valence-corrected chi connectivity index (χ1v) is 7.69. The maximum absolute atomic E-state index is 11.7. The second kappa shape index (κ2) is 7.78. The van der Waals surface area contributed by atoms with Gasteiger partial charge in [-0.2, -0.15) is 0 Å². The number of carbonyl (C=O) groups is 1. The van der Waals surface area contributed by atoms with Crippen LogP contribution in [0.15, 0.2) is 41.8 Å². The molecular weight excluding hydrogens is 278 g/mol. The van der Waals surface area contributed by atoms with E-state index in [1.54, 1.807) is 25.1 Å². The Labute approximate surface area is 119 Å². The Bertz CT molecular complexity index is 553. The molecule has 0 fully saturated rings. The first-order valence-electron chi connectivity index (χ1n) is 6.20. The lowest BCUT2D eigenvalue weighted by molar-refractivity contribution is -0.115. The van der Waals surface area contributed by atoms with Gasteiger partial charge >= 0.3 is 0 Å². The molecule has 0 aliphatic rings. The summed E-state index contributed by atoms with van der Waals surface area (Å²) < 4.78 is 25.8. The van der Waals surface area contributed by atoms with Crippen LogP contribution < -0.4 is 15.4 Å². The zero-order chi connectivity index (χ0) is 15.0. The van der Waals surface area contributed by atoms with Crippen LogP contribution in [-0.4, -0.2) is 34.0 Å². The molecule has 1 aromatic rings. The van der Waals surface area contributed by atoms with E-state index in [-0.39, 0.29) is 17.3 Å². The predicted octanol–water partition coefficient (Wildman–Crippen LogP) is 0.699. The van der Waals surface area contributed by atoms with E-state index >= 15 is 0 Å². The van der Waals surface area contributed by atoms with E-state index < -0.39 is 10.0 Å². The molecule has 0 saturated heterocycles. The number of rotatable bonds is 8. The van der Waals surface area contributed by atoms with Crippen molar-refractivity contribution in [3.63, 3.8) is 0 Å². The smallest absolute Gasteiger partial charge is 0.240 e. The molecule has 1 rings (SSSR count). The predicted molar refractivity (Wildman–Crippen MR) is 79.0 cm³/mol. The van der Waals surface area contributed by atoms with Crippen LogP contribution in [0.1, 0.15) is 6.92 Å². The van der Waals surface area contributed by atoms with Gasteiger partial charge in [0.25, 0.3) is 0 Å². The van der Waals surface area contributed by atoms with Gasteiger partial charge in [0.15, 0.2) is 0 Å². The second-order valence-corrected chi connectivity index (χ2v) is 5.76. The summed E-state index contributed by atoms with van der Waals surface area (Å²) in [5.74, 6) is -0.200. The number of nitrogens with one attached hydrogen (secondary N) is 3. The fraction of sp³-hybridized carbons (Fsp3) is 0.308. The zero-order valence-electron chi connectivity index (χ0n) is 11.3. The Balaban J connectivity index is 2.63. The molecule has 0 atom stereocenters. The van der Waals surface area contributed by atoms with Gasteiger partial charge in [0, 0.05) is 18.8 Å². The third kappa shape index (κ3) is 5.12. The topological polar surface area (TPSA) is 87.3 Å². The third-order valence-electron chi connectivity index (χ3n) is 2.36. The number of sulfonamides is 1. The molecule has 7 heteroatoms. The second-order valence-electron chi connectivity index (χ2n) is 3.99. The summed E-state index contributed by atoms with van der Waals surface area (Å²) in [6.45, 7) is 6.29. The SMILES string of the molecule is C=CCNCC(=O)Nc1ccc(S(=O)(=O)NCC)cc1. The van der Waals surface area contributed by atoms with Gasteiger partial charge in [-0.05, 0) is 24.3 Å². The molecule has 0 spiro atoms. The Morgan fingerprint density at radius 1 is 1.30 bits per heavy atom. The molecule has 0 aromatic heterocycles. The highest BCUT2D eigenvalue weighted by molar-refractivity contribution is 7.89. The summed E-state index contributed by atoms with van der Waals surface area (Å²) in [5, 5.41) is 5.53. The largest absolute Gasteiger partial charge is 0.325 e. The van der Waals surface area contributed by atoms with E-state index in [1.165, 1.54) is 12.1 Å². The molecule has 0 aliphatic carbocycles. The molecule has 6 nitrogen and oxygen atoms in total. The van der Waals surface area contributed by atoms with Crippen LogP contribution in [0.2, 0.25) is 0 Å². The van der Waals surface area contributed by atoms with E-state index in [0.717, 1.165) is 0 Å². The van der Waals surface area contributed by atoms with Gasteiger partial charge in [-0.1, -0.05) is 13.0 Å². The highest BCUT2D eigenvalue weighted by Gasteiger charge is 2.12. The van der Waals surface area contributed by atoms with Gasteiger partial charge in [0.1, 0.15) is 0 Å². The minimum Gasteiger partial charge on any atom is -0.325 e. The zero-order valence-corrected chi connectivity index (χ0v) is 12.2. The van der Waals surface area contributed by atoms with Crippen molar-refractivity contribution in [2.75, 3.05) is 25.0 Å². The van der Waals surface area contributed by atoms with Crippen LogP contribution >= 0.6 is 0 Å². The van der Waals surface area contributed by atoms with E-state index in [0.29, 0.717) is 18.8 Å². The molecule has 3 N–H and O–H groups in total. The van der Waals surface area contributed by atoms with Gasteiger partial charge in [-0.25, -0.2) is 13.1 Å². The molecule has 110 valence electrons. The lowest BCUT2D eigenvalue weighted by Crippen LogP contribution is -2.28. The fourth-order valence-electron chi connectivity index (χ4n) is 1.48. The standard InChI is InChI=1S/C13H19N3O3S/c1-3-9-14-10-13(17)16-11-5-7-12(8-6-11)20(18,19)15-4-2/h3,5-8,14-15H,1,4,9-10H2,2H3,(H,16,17). The Hall–Kier alpha value is -1.70. The minimum absolute atomic E-state index is 0.169. The molecule has 0 saturated carbocycles. The quantitative estimate of drug-likeness (QED) is 0.487. The van der Waals surface area contributed by atoms with E-state index in [1.807, 2.05) is 0 Å². The number of hydrogen-bond acceptors (Lipinski definition) is 4. The van der Waals surface area contributed by atoms with Crippen molar-refractivity contribution < 1.29 is 13.2 Å². The van der Waals surface area contributed by atoms with Crippen molar-refractivity contribution in [3.05, 3.63) is 36.9 Å². The van der Waals surface area contributed by atoms with Crippen LogP contribution in [0.4, 0.5) is 5.69 Å². The van der Waals surface area contributed by atoms with Crippen molar-refractivity contribution >= 4 is 21.6 Å². The average Bonchev–Trinajstić information content (AvgIpc) is 2.39. The molecule has 0 bridgehead atoms. The lowest BCUT2D eigenvalue weighted by Gasteiger charge is -2.07. The third-order valence-corrected chi connectivity index (χ3v) is 3.92. The van der Waals surface area contributed by atoms with Crippen LogP contribution in [0.5, 0.6) is 0 Å².